The number of pyridine rings is 1. The first kappa shape index (κ1) is 14.7. The number of piperazine rings is 1. The van der Waals surface area contributed by atoms with Gasteiger partial charge < -0.3 is 14.8 Å². The molecule has 2 aromatic rings. The van der Waals surface area contributed by atoms with Crippen LogP contribution in [0.1, 0.15) is 10.4 Å². The van der Waals surface area contributed by atoms with Gasteiger partial charge in [0.1, 0.15) is 0 Å². The van der Waals surface area contributed by atoms with Gasteiger partial charge in [-0.2, -0.15) is 0 Å². The smallest absolute Gasteiger partial charge is 0.255 e. The van der Waals surface area contributed by atoms with E-state index in [-0.39, 0.29) is 11.5 Å². The maximum Gasteiger partial charge on any atom is 0.255 e. The molecule has 1 aromatic carbocycles. The van der Waals surface area contributed by atoms with Crippen molar-refractivity contribution in [1.29, 1.82) is 0 Å². The Bertz CT molecular complexity index is 716. The Labute approximate surface area is 133 Å². The van der Waals surface area contributed by atoms with Crippen LogP contribution < -0.4 is 10.5 Å². The number of amides is 1. The van der Waals surface area contributed by atoms with Crippen molar-refractivity contribution >= 4 is 23.2 Å². The minimum Gasteiger partial charge on any atom is -0.367 e. The van der Waals surface area contributed by atoms with Gasteiger partial charge in [0.15, 0.2) is 0 Å². The number of nitrogens with zero attached hydrogens (tertiary/aromatic N) is 2. The number of aromatic amines is 1. The van der Waals surface area contributed by atoms with Gasteiger partial charge >= 0.3 is 0 Å². The van der Waals surface area contributed by atoms with Crippen molar-refractivity contribution in [2.24, 2.45) is 0 Å². The van der Waals surface area contributed by atoms with Crippen LogP contribution in [0.25, 0.3) is 0 Å². The van der Waals surface area contributed by atoms with E-state index in [0.717, 1.165) is 23.8 Å². The van der Waals surface area contributed by atoms with Crippen molar-refractivity contribution in [3.8, 4) is 0 Å². The van der Waals surface area contributed by atoms with Gasteiger partial charge in [-0.05, 0) is 18.2 Å². The molecule has 114 valence electrons. The highest BCUT2D eigenvalue weighted by Gasteiger charge is 2.23. The predicted molar refractivity (Wildman–Crippen MR) is 86.6 cm³/mol. The van der Waals surface area contributed by atoms with Crippen LogP contribution in [0.4, 0.5) is 5.69 Å². The monoisotopic (exact) mass is 317 g/mol. The highest BCUT2D eigenvalue weighted by atomic mass is 35.5. The number of nitrogens with one attached hydrogen (secondary N) is 1. The Kier molecular flexibility index (Phi) is 4.15. The van der Waals surface area contributed by atoms with Crippen molar-refractivity contribution in [2.45, 2.75) is 0 Å². The van der Waals surface area contributed by atoms with Crippen LogP contribution in [0.3, 0.4) is 0 Å². The fraction of sp³-hybridized carbons (Fsp3) is 0.250. The van der Waals surface area contributed by atoms with E-state index in [1.54, 1.807) is 11.0 Å². The van der Waals surface area contributed by atoms with Crippen LogP contribution in [0, 0.1) is 0 Å². The lowest BCUT2D eigenvalue weighted by molar-refractivity contribution is 0.0746. The molecule has 0 atom stereocenters. The Morgan fingerprint density at radius 1 is 1.05 bits per heavy atom. The molecular formula is C16H16ClN3O2. The van der Waals surface area contributed by atoms with Crippen molar-refractivity contribution in [3.63, 3.8) is 0 Å². The molecule has 1 fully saturated rings. The number of hydrogen-bond acceptors (Lipinski definition) is 3. The second-order valence-electron chi connectivity index (χ2n) is 5.17. The number of benzene rings is 1. The molecular weight excluding hydrogens is 302 g/mol. The third-order valence-corrected chi connectivity index (χ3v) is 4.11. The number of anilines is 1. The van der Waals surface area contributed by atoms with Crippen molar-refractivity contribution in [1.82, 2.24) is 9.88 Å². The maximum atomic E-state index is 12.4. The number of carbonyl (C=O) groups is 1. The SMILES string of the molecule is O=C(c1ccc(=O)[nH]c1)N1CCN(c2ccccc2Cl)CC1. The maximum absolute atomic E-state index is 12.4. The summed E-state index contributed by atoms with van der Waals surface area (Å²) in [6.45, 7) is 2.73. The highest BCUT2D eigenvalue weighted by molar-refractivity contribution is 6.33. The van der Waals surface area contributed by atoms with E-state index in [9.17, 15) is 9.59 Å². The summed E-state index contributed by atoms with van der Waals surface area (Å²) in [5.74, 6) is -0.0601. The van der Waals surface area contributed by atoms with Gasteiger partial charge in [-0.15, -0.1) is 0 Å². The number of H-pyrrole nitrogens is 1. The molecule has 0 bridgehead atoms. The van der Waals surface area contributed by atoms with Crippen molar-refractivity contribution in [3.05, 3.63) is 63.5 Å². The number of hydrogen-bond donors (Lipinski definition) is 1. The second kappa shape index (κ2) is 6.23. The zero-order valence-corrected chi connectivity index (χ0v) is 12.7. The molecule has 0 spiro atoms. The van der Waals surface area contributed by atoms with E-state index in [4.69, 9.17) is 11.6 Å². The van der Waals surface area contributed by atoms with Gasteiger partial charge in [0.25, 0.3) is 5.91 Å². The first-order valence-electron chi connectivity index (χ1n) is 7.12. The minimum atomic E-state index is -0.208. The molecule has 1 N–H and O–H groups in total. The molecule has 2 heterocycles. The van der Waals surface area contributed by atoms with E-state index in [1.807, 2.05) is 24.3 Å². The molecule has 1 aliphatic heterocycles. The fourth-order valence-corrected chi connectivity index (χ4v) is 2.84. The fourth-order valence-electron chi connectivity index (χ4n) is 2.58. The summed E-state index contributed by atoms with van der Waals surface area (Å²) in [6, 6.07) is 10.6. The van der Waals surface area contributed by atoms with Crippen LogP contribution >= 0.6 is 11.6 Å². The van der Waals surface area contributed by atoms with Crippen LogP contribution in [0.15, 0.2) is 47.4 Å². The first-order chi connectivity index (χ1) is 10.6. The van der Waals surface area contributed by atoms with Crippen LogP contribution in [0.2, 0.25) is 5.02 Å². The average Bonchev–Trinajstić information content (AvgIpc) is 2.56. The van der Waals surface area contributed by atoms with E-state index >= 15 is 0 Å². The van der Waals surface area contributed by atoms with E-state index in [2.05, 4.69) is 9.88 Å². The molecule has 6 heteroatoms. The summed E-state index contributed by atoms with van der Waals surface area (Å²) in [6.07, 6.45) is 1.46. The molecule has 1 amide bonds. The van der Waals surface area contributed by atoms with Gasteiger partial charge in [0, 0.05) is 38.4 Å². The highest BCUT2D eigenvalue weighted by Crippen LogP contribution is 2.26. The topological polar surface area (TPSA) is 56.4 Å². The number of carbonyl (C=O) groups excluding carboxylic acids is 1. The number of para-hydroxylation sites is 1. The summed E-state index contributed by atoms with van der Waals surface area (Å²) >= 11 is 6.21. The average molecular weight is 318 g/mol. The van der Waals surface area contributed by atoms with E-state index in [1.165, 1.54) is 12.3 Å². The third kappa shape index (κ3) is 2.99. The lowest BCUT2D eigenvalue weighted by Gasteiger charge is -2.36. The van der Waals surface area contributed by atoms with Crippen LogP contribution in [-0.4, -0.2) is 42.0 Å². The zero-order chi connectivity index (χ0) is 15.5. The van der Waals surface area contributed by atoms with Gasteiger partial charge in [-0.25, -0.2) is 0 Å². The molecule has 1 aromatic heterocycles. The summed E-state index contributed by atoms with van der Waals surface area (Å²) in [5, 5.41) is 0.725. The summed E-state index contributed by atoms with van der Waals surface area (Å²) in [5.41, 5.74) is 1.30. The number of halogens is 1. The first-order valence-corrected chi connectivity index (χ1v) is 7.50. The lowest BCUT2D eigenvalue weighted by Crippen LogP contribution is -2.49. The molecule has 5 nitrogen and oxygen atoms in total. The van der Waals surface area contributed by atoms with Gasteiger partial charge in [-0.3, -0.25) is 9.59 Å². The number of rotatable bonds is 2. The zero-order valence-electron chi connectivity index (χ0n) is 12.0. The Balaban J connectivity index is 1.67. The molecule has 0 radical (unpaired) electrons. The predicted octanol–water partition coefficient (Wildman–Crippen LogP) is 1.99. The molecule has 0 aliphatic carbocycles. The van der Waals surface area contributed by atoms with Crippen LogP contribution in [0.5, 0.6) is 0 Å². The summed E-state index contributed by atoms with van der Waals surface area (Å²) in [4.78, 5) is 29.9. The van der Waals surface area contributed by atoms with Gasteiger partial charge in [0.05, 0.1) is 16.3 Å². The largest absolute Gasteiger partial charge is 0.367 e. The molecule has 3 rings (SSSR count). The molecule has 0 saturated carbocycles. The normalized spacial score (nSPS) is 15.0. The molecule has 22 heavy (non-hydrogen) atoms. The van der Waals surface area contributed by atoms with Crippen molar-refractivity contribution in [2.75, 3.05) is 31.1 Å². The molecule has 1 aliphatic rings. The lowest BCUT2D eigenvalue weighted by atomic mass is 10.2. The van der Waals surface area contributed by atoms with Gasteiger partial charge in [0.2, 0.25) is 5.56 Å². The van der Waals surface area contributed by atoms with E-state index in [0.29, 0.717) is 18.7 Å². The van der Waals surface area contributed by atoms with Gasteiger partial charge in [-0.1, -0.05) is 23.7 Å². The molecule has 1 saturated heterocycles. The van der Waals surface area contributed by atoms with E-state index < -0.39 is 0 Å². The molecule has 0 unspecified atom stereocenters. The van der Waals surface area contributed by atoms with Crippen LogP contribution in [-0.2, 0) is 0 Å². The second-order valence-corrected chi connectivity index (χ2v) is 5.58. The Hall–Kier alpha value is -2.27. The quantitative estimate of drug-likeness (QED) is 0.921. The number of aromatic nitrogens is 1. The summed E-state index contributed by atoms with van der Waals surface area (Å²) in [7, 11) is 0. The standard InChI is InChI=1S/C16H16ClN3O2/c17-13-3-1-2-4-14(13)19-7-9-20(10-8-19)16(22)12-5-6-15(21)18-11-12/h1-6,11H,7-10H2,(H,18,21). The Morgan fingerprint density at radius 3 is 2.41 bits per heavy atom. The Morgan fingerprint density at radius 2 is 1.77 bits per heavy atom. The third-order valence-electron chi connectivity index (χ3n) is 3.79. The minimum absolute atomic E-state index is 0.0601. The summed E-state index contributed by atoms with van der Waals surface area (Å²) < 4.78 is 0. The van der Waals surface area contributed by atoms with Crippen molar-refractivity contribution < 1.29 is 4.79 Å².